The molecule has 3 aromatic carbocycles. The first-order valence-electron chi connectivity index (χ1n) is 10.6. The summed E-state index contributed by atoms with van der Waals surface area (Å²) in [4.78, 5) is 47.4. The molecule has 0 aliphatic carbocycles. The van der Waals surface area contributed by atoms with Crippen molar-refractivity contribution in [1.29, 1.82) is 0 Å². The maximum atomic E-state index is 14.2. The van der Waals surface area contributed by atoms with Gasteiger partial charge in [0.15, 0.2) is 11.5 Å². The van der Waals surface area contributed by atoms with Gasteiger partial charge in [-0.3, -0.25) is 34.7 Å². The Bertz CT molecular complexity index is 1510. The number of imide groups is 1. The summed E-state index contributed by atoms with van der Waals surface area (Å²) < 4.78 is 25.3. The summed E-state index contributed by atoms with van der Waals surface area (Å²) in [5, 5.41) is 22.0. The van der Waals surface area contributed by atoms with Crippen LogP contribution in [0.3, 0.4) is 0 Å². The maximum absolute atomic E-state index is 14.2. The van der Waals surface area contributed by atoms with Crippen LogP contribution in [0.5, 0.6) is 17.2 Å². The molecule has 3 aromatic rings. The van der Waals surface area contributed by atoms with Crippen molar-refractivity contribution in [1.82, 2.24) is 4.90 Å². The van der Waals surface area contributed by atoms with Gasteiger partial charge < -0.3 is 9.47 Å². The number of non-ortho nitro benzene ring substituents is 1. The first-order chi connectivity index (χ1) is 18.1. The first kappa shape index (κ1) is 26.6. The minimum atomic E-state index is -0.837. The van der Waals surface area contributed by atoms with Crippen molar-refractivity contribution in [2.24, 2.45) is 0 Å². The number of ether oxygens (including phenoxy) is 2. The van der Waals surface area contributed by atoms with Crippen LogP contribution >= 0.6 is 23.4 Å². The van der Waals surface area contributed by atoms with E-state index >= 15 is 0 Å². The molecular formula is C24H15ClFN3O8S. The highest BCUT2D eigenvalue weighted by Gasteiger charge is 2.36. The smallest absolute Gasteiger partial charge is 0.318 e. The standard InChI is InChI=1S/C24H15ClFN3O8S/c1-36-20-7-2-4-13(22(20)37-19-9-8-14(28(32)33)11-18(19)29(34)35)10-21-23(30)27(24(31)38-21)12-15-16(25)5-3-6-17(15)26/h2-11H,12H2,1H3/b21-10+. The Morgan fingerprint density at radius 3 is 2.45 bits per heavy atom. The molecule has 1 fully saturated rings. The fourth-order valence-electron chi connectivity index (χ4n) is 3.49. The molecule has 1 aliphatic heterocycles. The van der Waals surface area contributed by atoms with Gasteiger partial charge in [0.25, 0.3) is 16.8 Å². The minimum Gasteiger partial charge on any atom is -0.493 e. The number of thioether (sulfide) groups is 1. The average Bonchev–Trinajstić information content (AvgIpc) is 3.14. The summed E-state index contributed by atoms with van der Waals surface area (Å²) in [7, 11) is 1.32. The molecule has 0 unspecified atom stereocenters. The number of amides is 2. The number of carbonyl (C=O) groups excluding carboxylic acids is 2. The van der Waals surface area contributed by atoms with Crippen LogP contribution < -0.4 is 9.47 Å². The van der Waals surface area contributed by atoms with Crippen molar-refractivity contribution in [3.05, 3.63) is 102 Å². The predicted molar refractivity (Wildman–Crippen MR) is 136 cm³/mol. The maximum Gasteiger partial charge on any atom is 0.318 e. The molecule has 14 heteroatoms. The van der Waals surface area contributed by atoms with E-state index in [0.29, 0.717) is 11.8 Å². The predicted octanol–water partition coefficient (Wildman–Crippen LogP) is 6.33. The van der Waals surface area contributed by atoms with Gasteiger partial charge in [-0.2, -0.15) is 0 Å². The van der Waals surface area contributed by atoms with Crippen LogP contribution in [0.1, 0.15) is 11.1 Å². The molecule has 2 amide bonds. The van der Waals surface area contributed by atoms with E-state index < -0.39 is 38.2 Å². The lowest BCUT2D eigenvalue weighted by atomic mass is 10.1. The Kier molecular flexibility index (Phi) is 7.60. The van der Waals surface area contributed by atoms with Gasteiger partial charge in [0.05, 0.1) is 34.5 Å². The summed E-state index contributed by atoms with van der Waals surface area (Å²) in [5.41, 5.74) is -0.980. The SMILES string of the molecule is COc1cccc(/C=C2/SC(=O)N(Cc3c(F)cccc3Cl)C2=O)c1Oc1ccc([N+](=O)[O-])cc1[N+](=O)[O-]. The number of halogens is 2. The Labute approximate surface area is 222 Å². The summed E-state index contributed by atoms with van der Waals surface area (Å²) >= 11 is 6.64. The van der Waals surface area contributed by atoms with E-state index in [1.807, 2.05) is 0 Å². The molecule has 1 saturated heterocycles. The second kappa shape index (κ2) is 10.9. The van der Waals surface area contributed by atoms with Crippen LogP contribution in [0.2, 0.25) is 5.02 Å². The van der Waals surface area contributed by atoms with Gasteiger partial charge in [0, 0.05) is 22.2 Å². The highest BCUT2D eigenvalue weighted by molar-refractivity contribution is 8.18. The summed E-state index contributed by atoms with van der Waals surface area (Å²) in [5.74, 6) is -1.62. The molecule has 194 valence electrons. The van der Waals surface area contributed by atoms with Crippen LogP contribution in [0.4, 0.5) is 20.6 Å². The molecule has 0 bridgehead atoms. The largest absolute Gasteiger partial charge is 0.493 e. The Hall–Kier alpha value is -4.49. The molecule has 0 N–H and O–H groups in total. The summed E-state index contributed by atoms with van der Waals surface area (Å²) in [6, 6.07) is 11.4. The molecule has 0 atom stereocenters. The molecule has 0 aromatic heterocycles. The van der Waals surface area contributed by atoms with E-state index in [0.717, 1.165) is 29.2 Å². The lowest BCUT2D eigenvalue weighted by Gasteiger charge is -2.14. The number of nitro benzene ring substituents is 2. The van der Waals surface area contributed by atoms with E-state index in [9.17, 15) is 34.2 Å². The molecule has 1 aliphatic rings. The van der Waals surface area contributed by atoms with Crippen molar-refractivity contribution in [3.8, 4) is 17.2 Å². The highest BCUT2D eigenvalue weighted by atomic mass is 35.5. The number of rotatable bonds is 8. The fraction of sp³-hybridized carbons (Fsp3) is 0.0833. The monoisotopic (exact) mass is 559 g/mol. The topological polar surface area (TPSA) is 142 Å². The normalized spacial score (nSPS) is 14.2. The summed E-state index contributed by atoms with van der Waals surface area (Å²) in [6.07, 6.45) is 1.32. The number of methoxy groups -OCH3 is 1. The molecular weight excluding hydrogens is 545 g/mol. The van der Waals surface area contributed by atoms with Crippen LogP contribution in [-0.4, -0.2) is 33.0 Å². The summed E-state index contributed by atoms with van der Waals surface area (Å²) in [6.45, 7) is -0.385. The number of nitro groups is 2. The van der Waals surface area contributed by atoms with Crippen molar-refractivity contribution < 1.29 is 33.3 Å². The number of hydrogen-bond acceptors (Lipinski definition) is 9. The van der Waals surface area contributed by atoms with E-state index in [2.05, 4.69) is 0 Å². The zero-order valence-electron chi connectivity index (χ0n) is 19.3. The number of nitrogens with zero attached hydrogens (tertiary/aromatic N) is 3. The molecule has 0 radical (unpaired) electrons. The van der Waals surface area contributed by atoms with Gasteiger partial charge in [-0.25, -0.2) is 4.39 Å². The minimum absolute atomic E-state index is 0.0198. The quantitative estimate of drug-likeness (QED) is 0.175. The zero-order chi connectivity index (χ0) is 27.6. The van der Waals surface area contributed by atoms with Gasteiger partial charge in [-0.15, -0.1) is 0 Å². The Morgan fingerprint density at radius 1 is 1.05 bits per heavy atom. The molecule has 11 nitrogen and oxygen atoms in total. The lowest BCUT2D eigenvalue weighted by Crippen LogP contribution is -2.28. The molecule has 1 heterocycles. The molecule has 38 heavy (non-hydrogen) atoms. The second-order valence-corrected chi connectivity index (χ2v) is 9.02. The van der Waals surface area contributed by atoms with Gasteiger partial charge in [-0.05, 0) is 42.1 Å². The van der Waals surface area contributed by atoms with Crippen molar-refractivity contribution >= 4 is 52.0 Å². The van der Waals surface area contributed by atoms with Gasteiger partial charge in [-0.1, -0.05) is 29.8 Å². The molecule has 0 saturated carbocycles. The Balaban J connectivity index is 1.71. The molecule has 4 rings (SSSR count). The van der Waals surface area contributed by atoms with E-state index in [4.69, 9.17) is 21.1 Å². The van der Waals surface area contributed by atoms with Gasteiger partial charge in [0.2, 0.25) is 5.75 Å². The van der Waals surface area contributed by atoms with Gasteiger partial charge >= 0.3 is 5.69 Å². The van der Waals surface area contributed by atoms with Crippen molar-refractivity contribution in [2.75, 3.05) is 7.11 Å². The van der Waals surface area contributed by atoms with Crippen molar-refractivity contribution in [3.63, 3.8) is 0 Å². The Morgan fingerprint density at radius 2 is 1.79 bits per heavy atom. The average molecular weight is 560 g/mol. The van der Waals surface area contributed by atoms with E-state index in [1.54, 1.807) is 6.07 Å². The number of hydrogen-bond donors (Lipinski definition) is 0. The van der Waals surface area contributed by atoms with Crippen LogP contribution in [0, 0.1) is 26.0 Å². The van der Waals surface area contributed by atoms with E-state index in [-0.39, 0.29) is 44.8 Å². The fourth-order valence-corrected chi connectivity index (χ4v) is 4.55. The lowest BCUT2D eigenvalue weighted by molar-refractivity contribution is -0.394. The van der Waals surface area contributed by atoms with Gasteiger partial charge in [0.1, 0.15) is 5.82 Å². The van der Waals surface area contributed by atoms with E-state index in [1.165, 1.54) is 37.5 Å². The first-order valence-corrected chi connectivity index (χ1v) is 11.8. The third-order valence-electron chi connectivity index (χ3n) is 5.33. The number of para-hydroxylation sites is 1. The van der Waals surface area contributed by atoms with Crippen LogP contribution in [-0.2, 0) is 11.3 Å². The highest BCUT2D eigenvalue weighted by Crippen LogP contribution is 2.42. The van der Waals surface area contributed by atoms with Crippen LogP contribution in [0.25, 0.3) is 6.08 Å². The second-order valence-electron chi connectivity index (χ2n) is 7.62. The molecule has 0 spiro atoms. The third kappa shape index (κ3) is 5.28. The van der Waals surface area contributed by atoms with Crippen molar-refractivity contribution in [2.45, 2.75) is 6.54 Å². The number of benzene rings is 3. The number of carbonyl (C=O) groups is 2. The van der Waals surface area contributed by atoms with Crippen LogP contribution in [0.15, 0.2) is 59.5 Å². The third-order valence-corrected chi connectivity index (χ3v) is 6.59. The zero-order valence-corrected chi connectivity index (χ0v) is 20.8.